The molecule has 0 aliphatic heterocycles. The molecule has 77 heavy (non-hydrogen) atoms. The Kier molecular flexibility index (Phi) is 103. The normalized spacial score (nSPS) is 10.2. The van der Waals surface area contributed by atoms with Crippen molar-refractivity contribution in [3.05, 3.63) is 0 Å². The molecule has 0 saturated carbocycles. The van der Waals surface area contributed by atoms with E-state index in [4.69, 9.17) is 43.8 Å². The minimum Gasteiger partial charge on any atom is -0.593 e. The second-order valence-electron chi connectivity index (χ2n) is 20.6. The highest BCUT2D eigenvalue weighted by molar-refractivity contribution is 8.09. The summed E-state index contributed by atoms with van der Waals surface area (Å²) in [4.78, 5) is 61.4. The van der Waals surface area contributed by atoms with E-state index in [1.165, 1.54) is 41.5 Å². The van der Waals surface area contributed by atoms with Gasteiger partial charge < -0.3 is 42.8 Å². The molecule has 29 heteroatoms. The number of rotatable bonds is 2. The van der Waals surface area contributed by atoms with Gasteiger partial charge in [0, 0.05) is 59.7 Å². The average Bonchev–Trinajstić information content (AvgIpc) is 2.91. The molecule has 0 bridgehead atoms. The van der Waals surface area contributed by atoms with Gasteiger partial charge >= 0.3 is 35.8 Å². The van der Waals surface area contributed by atoms with Crippen LogP contribution in [-0.2, 0) is 75.9 Å². The Morgan fingerprint density at radius 3 is 0.532 bits per heavy atom. The fourth-order valence-electron chi connectivity index (χ4n) is 2.91. The summed E-state index contributed by atoms with van der Waals surface area (Å²) in [6.45, 7) is 50.7. The van der Waals surface area contributed by atoms with Crippen molar-refractivity contribution >= 4 is 146 Å². The van der Waals surface area contributed by atoms with Crippen LogP contribution in [0.5, 0.6) is 0 Å². The minimum absolute atomic E-state index is 0. The van der Waals surface area contributed by atoms with Crippen LogP contribution in [0, 0.1) is 5.53 Å². The van der Waals surface area contributed by atoms with Gasteiger partial charge in [-0.3, -0.25) is 28.8 Å². The van der Waals surface area contributed by atoms with Crippen molar-refractivity contribution in [2.24, 2.45) is 10.3 Å². The van der Waals surface area contributed by atoms with Gasteiger partial charge in [0.25, 0.3) is 0 Å². The smallest absolute Gasteiger partial charge is 0.303 e. The first-order valence-corrected chi connectivity index (χ1v) is 23.6. The van der Waals surface area contributed by atoms with Gasteiger partial charge in [0.15, 0.2) is 6.08 Å². The van der Waals surface area contributed by atoms with Gasteiger partial charge in [0.1, 0.15) is 43.2 Å². The van der Waals surface area contributed by atoms with Crippen LogP contribution in [0.1, 0.15) is 223 Å². The van der Waals surface area contributed by atoms with E-state index >= 15 is 0 Å². The van der Waals surface area contributed by atoms with Crippen molar-refractivity contribution in [2.75, 3.05) is 12.5 Å². The van der Waals surface area contributed by atoms with Gasteiger partial charge in [-0.1, -0.05) is 62.1 Å². The van der Waals surface area contributed by atoms with Crippen molar-refractivity contribution < 1.29 is 85.4 Å². The fourth-order valence-corrected chi connectivity index (χ4v) is 2.91. The number of nitrogens with zero attached hydrogens (tertiary/aromatic N) is 2. The summed E-state index contributed by atoms with van der Waals surface area (Å²) in [5.74, 6) is -1.35. The fraction of sp³-hybridized carbons (Fsp3) is 0.854. The zero-order valence-electron chi connectivity index (χ0n) is 50.7. The second kappa shape index (κ2) is 60.3. The molecule has 0 heterocycles. The van der Waals surface area contributed by atoms with E-state index in [-0.39, 0.29) is 186 Å². The van der Waals surface area contributed by atoms with Crippen molar-refractivity contribution in [1.82, 2.24) is 0 Å². The second-order valence-corrected chi connectivity index (χ2v) is 24.1. The van der Waals surface area contributed by atoms with E-state index in [1.54, 1.807) is 20.8 Å². The third-order valence-corrected chi connectivity index (χ3v) is 3.86. The van der Waals surface area contributed by atoms with E-state index in [0.717, 1.165) is 12.5 Å². The highest BCUT2D eigenvalue weighted by atomic mass is 32.3. The first-order chi connectivity index (χ1) is 28.8. The molecule has 0 atom stereocenters. The maximum Gasteiger partial charge on any atom is 0.303 e. The third-order valence-electron chi connectivity index (χ3n) is 3.44. The summed E-state index contributed by atoms with van der Waals surface area (Å²) >= 11 is 0. The predicted octanol–water partition coefficient (Wildman–Crippen LogP) is 12.2. The SMILES string of the molecule is C.C.C.CC.CC(=O)OC(C)(C)C.CC(=O)OC(C)(C)C.CC(=O)OC(C)(C)C.CC(=O)OC(C)(C)C.CC(=O)OC(C)(C)C.CC(=O)OC(C)(C)C.CC(C)(C)OC([O-])=NN=N.CS(C)(=O)(O)OO.S.S.S.S.S.S.S. The molecular formula is C48H122N3O18S8-. The molecule has 0 spiro atoms. The van der Waals surface area contributed by atoms with Gasteiger partial charge in [-0.25, -0.2) is 9.47 Å². The first kappa shape index (κ1) is 131. The average molecular weight is 1290 g/mol. The maximum atomic E-state index is 10.5. The Bertz CT molecular complexity index is 1310. The molecule has 21 nitrogen and oxygen atoms in total. The van der Waals surface area contributed by atoms with Crippen molar-refractivity contribution in [1.29, 1.82) is 5.53 Å². The Hall–Kier alpha value is -1.83. The first-order valence-electron chi connectivity index (χ1n) is 20.9. The van der Waals surface area contributed by atoms with E-state index in [9.17, 15) is 38.1 Å². The molecule has 486 valence electrons. The molecule has 0 aliphatic rings. The lowest BCUT2D eigenvalue weighted by atomic mass is 10.2. The van der Waals surface area contributed by atoms with Crippen LogP contribution in [0.25, 0.3) is 0 Å². The van der Waals surface area contributed by atoms with Crippen LogP contribution in [0.15, 0.2) is 10.3 Å². The zero-order valence-corrected chi connectivity index (χ0v) is 58.5. The Labute approximate surface area is 518 Å². The Morgan fingerprint density at radius 1 is 0.390 bits per heavy atom. The number of carbonyl (C=O) groups is 6. The molecule has 0 fully saturated rings. The van der Waals surface area contributed by atoms with Gasteiger partial charge in [-0.2, -0.15) is 100 Å². The van der Waals surface area contributed by atoms with Crippen molar-refractivity contribution in [3.8, 4) is 0 Å². The van der Waals surface area contributed by atoms with Crippen LogP contribution in [0.2, 0.25) is 0 Å². The number of hydrogen-bond donors (Lipinski definition) is 3. The summed E-state index contributed by atoms with van der Waals surface area (Å²) in [6, 6.07) is 0. The number of nitrogens with one attached hydrogen (secondary N) is 1. The largest absolute Gasteiger partial charge is 0.593 e. The van der Waals surface area contributed by atoms with E-state index in [2.05, 4.69) is 19.4 Å². The molecule has 0 rings (SSSR count). The van der Waals surface area contributed by atoms with Crippen molar-refractivity contribution in [3.63, 3.8) is 0 Å². The summed E-state index contributed by atoms with van der Waals surface area (Å²) in [5.41, 5.74) is 3.67. The maximum absolute atomic E-state index is 10.5. The van der Waals surface area contributed by atoms with Gasteiger partial charge in [0.05, 0.1) is 0 Å². The Balaban J connectivity index is -0.0000000287. The molecule has 0 aromatic carbocycles. The molecule has 0 aromatic heterocycles. The highest BCUT2D eigenvalue weighted by Gasteiger charge is 2.19. The van der Waals surface area contributed by atoms with Crippen LogP contribution in [0.4, 0.5) is 0 Å². The number of esters is 6. The van der Waals surface area contributed by atoms with E-state index in [0.29, 0.717) is 0 Å². The molecule has 3 N–H and O–H groups in total. The number of ether oxygens (including phenoxy) is 7. The van der Waals surface area contributed by atoms with Crippen LogP contribution in [0.3, 0.4) is 0 Å². The monoisotopic (exact) mass is 1280 g/mol. The molecular weight excluding hydrogens is 1160 g/mol. The number of carbonyl (C=O) groups excluding carboxylic acids is 6. The number of hydrogen-bond acceptors (Lipinski definition) is 19. The predicted molar refractivity (Wildman–Crippen MR) is 353 cm³/mol. The Morgan fingerprint density at radius 2 is 0.494 bits per heavy atom. The zero-order chi connectivity index (χ0) is 57.1. The summed E-state index contributed by atoms with van der Waals surface area (Å²) < 4.78 is 55.3. The van der Waals surface area contributed by atoms with Crippen LogP contribution >= 0.6 is 94.5 Å². The molecule has 0 saturated heterocycles. The molecule has 0 radical (unpaired) electrons. The van der Waals surface area contributed by atoms with E-state index < -0.39 is 21.3 Å². The summed E-state index contributed by atoms with van der Waals surface area (Å²) in [7, 11) is -4.06. The summed E-state index contributed by atoms with van der Waals surface area (Å²) in [5, 5.41) is 23.5. The van der Waals surface area contributed by atoms with Crippen LogP contribution < -0.4 is 5.11 Å². The highest BCUT2D eigenvalue weighted by Crippen LogP contribution is 2.10. The van der Waals surface area contributed by atoms with Gasteiger partial charge in [0.2, 0.25) is 0 Å². The van der Waals surface area contributed by atoms with Gasteiger partial charge in [-0.15, -0.1) is 9.44 Å². The quantitative estimate of drug-likeness (QED) is 0.0440. The third kappa shape index (κ3) is 239. The van der Waals surface area contributed by atoms with Gasteiger partial charge in [-0.05, 0) is 125 Å². The van der Waals surface area contributed by atoms with Crippen molar-refractivity contribution in [2.45, 2.75) is 262 Å². The van der Waals surface area contributed by atoms with E-state index in [1.807, 2.05) is 138 Å². The molecule has 0 aliphatic carbocycles. The molecule has 0 amide bonds. The molecule has 0 aromatic rings. The molecule has 0 unspecified atom stereocenters. The van der Waals surface area contributed by atoms with Crippen LogP contribution in [-0.4, -0.2) is 108 Å². The lowest BCUT2D eigenvalue weighted by Gasteiger charge is -2.28. The summed E-state index contributed by atoms with van der Waals surface area (Å²) in [6.07, 6.45) is 0.969. The lowest BCUT2D eigenvalue weighted by Crippen LogP contribution is -2.31. The topological polar surface area (TPSA) is 305 Å². The minimum atomic E-state index is -4.06. The standard InChI is InChI=1S/6C6H12O2.C5H11N3O2.C2H8O4S.C2H6.3CH4.7H2S/c6*1-5(7)8-6(2,3)4;1-5(2,3)10-4(9)7-8-6;1-7(2,4,5)6-3;1-2;;;;;;;;;;/h6*1-4H3;1-3H3,(H2,6,7,9);3H,1-2H3,(H,4,5);1-2H3;3*1H4;7*1H2/p-1. The lowest BCUT2D eigenvalue weighted by molar-refractivity contribution is -0.260.